The standard InChI is InChI=1S/C19H27N5O2/c1-4-23-12-20-21-18(23)16-10-24(11-19(16)7-5-6-8-19)17(25)9-15-13(2)22-26-14(15)3/h12,16H,4-11H2,1-3H3. The van der Waals surface area contributed by atoms with Crippen LogP contribution in [0.3, 0.4) is 0 Å². The predicted octanol–water partition coefficient (Wildman–Crippen LogP) is 2.63. The van der Waals surface area contributed by atoms with Gasteiger partial charge in [0.25, 0.3) is 0 Å². The number of nitrogens with zero attached hydrogens (tertiary/aromatic N) is 5. The molecular weight excluding hydrogens is 330 g/mol. The molecule has 26 heavy (non-hydrogen) atoms. The van der Waals surface area contributed by atoms with Crippen LogP contribution in [0.15, 0.2) is 10.9 Å². The highest BCUT2D eigenvalue weighted by atomic mass is 16.5. The molecule has 1 unspecified atom stereocenters. The lowest BCUT2D eigenvalue weighted by Crippen LogP contribution is -2.32. The molecule has 0 N–H and O–H groups in total. The molecule has 1 spiro atoms. The minimum absolute atomic E-state index is 0.161. The first-order chi connectivity index (χ1) is 12.5. The van der Waals surface area contributed by atoms with Crippen molar-refractivity contribution in [2.75, 3.05) is 13.1 Å². The van der Waals surface area contributed by atoms with Gasteiger partial charge in [0, 0.05) is 31.1 Å². The summed E-state index contributed by atoms with van der Waals surface area (Å²) in [7, 11) is 0. The molecule has 7 nitrogen and oxygen atoms in total. The topological polar surface area (TPSA) is 77.1 Å². The maximum Gasteiger partial charge on any atom is 0.227 e. The third-order valence-corrected chi connectivity index (χ3v) is 6.41. The van der Waals surface area contributed by atoms with Gasteiger partial charge in [-0.1, -0.05) is 18.0 Å². The third kappa shape index (κ3) is 2.73. The summed E-state index contributed by atoms with van der Waals surface area (Å²) in [6.07, 6.45) is 6.99. The Labute approximate surface area is 153 Å². The Balaban J connectivity index is 1.58. The van der Waals surface area contributed by atoms with Gasteiger partial charge in [0.2, 0.25) is 5.91 Å². The van der Waals surface area contributed by atoms with Gasteiger partial charge in [-0.2, -0.15) is 0 Å². The van der Waals surface area contributed by atoms with Crippen LogP contribution in [0.25, 0.3) is 0 Å². The van der Waals surface area contributed by atoms with Gasteiger partial charge in [-0.15, -0.1) is 10.2 Å². The number of carbonyl (C=O) groups excluding carboxylic acids is 1. The van der Waals surface area contributed by atoms with Gasteiger partial charge in [0.1, 0.15) is 17.9 Å². The van der Waals surface area contributed by atoms with E-state index in [0.29, 0.717) is 6.42 Å². The van der Waals surface area contributed by atoms with Gasteiger partial charge < -0.3 is 14.0 Å². The Kier molecular flexibility index (Phi) is 4.32. The maximum absolute atomic E-state index is 13.0. The van der Waals surface area contributed by atoms with E-state index in [0.717, 1.165) is 42.5 Å². The number of amides is 1. The largest absolute Gasteiger partial charge is 0.361 e. The predicted molar refractivity (Wildman–Crippen MR) is 95.6 cm³/mol. The fraction of sp³-hybridized carbons (Fsp3) is 0.684. The molecule has 1 saturated heterocycles. The van der Waals surface area contributed by atoms with E-state index in [-0.39, 0.29) is 17.2 Å². The molecule has 2 aliphatic rings. The van der Waals surface area contributed by atoms with Crippen LogP contribution in [0.1, 0.15) is 61.4 Å². The zero-order chi connectivity index (χ0) is 18.3. The summed E-state index contributed by atoms with van der Waals surface area (Å²) in [5.74, 6) is 2.23. The van der Waals surface area contributed by atoms with Gasteiger partial charge in [0.15, 0.2) is 0 Å². The summed E-state index contributed by atoms with van der Waals surface area (Å²) in [4.78, 5) is 15.1. The smallest absolute Gasteiger partial charge is 0.227 e. The maximum atomic E-state index is 13.0. The first-order valence-corrected chi connectivity index (χ1v) is 9.61. The molecule has 1 amide bonds. The fourth-order valence-corrected chi connectivity index (χ4v) is 4.89. The van der Waals surface area contributed by atoms with Gasteiger partial charge in [-0.25, -0.2) is 0 Å². The van der Waals surface area contributed by atoms with Gasteiger partial charge >= 0.3 is 0 Å². The molecule has 7 heteroatoms. The highest BCUT2D eigenvalue weighted by Crippen LogP contribution is 2.53. The van der Waals surface area contributed by atoms with Crippen molar-refractivity contribution in [3.8, 4) is 0 Å². The third-order valence-electron chi connectivity index (χ3n) is 6.41. The number of likely N-dealkylation sites (tertiary alicyclic amines) is 1. The summed E-state index contributed by atoms with van der Waals surface area (Å²) in [6.45, 7) is 8.31. The lowest BCUT2D eigenvalue weighted by molar-refractivity contribution is -0.129. The molecule has 140 valence electrons. The van der Waals surface area contributed by atoms with Crippen LogP contribution >= 0.6 is 0 Å². The van der Waals surface area contributed by atoms with E-state index in [4.69, 9.17) is 4.52 Å². The second-order valence-electron chi connectivity index (χ2n) is 7.85. The summed E-state index contributed by atoms with van der Waals surface area (Å²) in [5.41, 5.74) is 1.90. The van der Waals surface area contributed by atoms with Crippen LogP contribution in [0.5, 0.6) is 0 Å². The van der Waals surface area contributed by atoms with E-state index < -0.39 is 0 Å². The first kappa shape index (κ1) is 17.2. The van der Waals surface area contributed by atoms with E-state index in [1.807, 2.05) is 25.1 Å². The highest BCUT2D eigenvalue weighted by Gasteiger charge is 2.51. The van der Waals surface area contributed by atoms with E-state index in [1.54, 1.807) is 0 Å². The normalized spacial score (nSPS) is 21.8. The summed E-state index contributed by atoms with van der Waals surface area (Å²) in [5, 5.41) is 12.5. The number of aryl methyl sites for hydroxylation is 3. The molecule has 0 bridgehead atoms. The van der Waals surface area contributed by atoms with Crippen molar-refractivity contribution in [2.45, 2.75) is 65.3 Å². The second kappa shape index (κ2) is 6.52. The SMILES string of the molecule is CCn1cnnc1C1CN(C(=O)Cc2c(C)noc2C)CC12CCCC2. The molecular formula is C19H27N5O2. The van der Waals surface area contributed by atoms with Crippen molar-refractivity contribution >= 4 is 5.91 Å². The molecule has 3 heterocycles. The van der Waals surface area contributed by atoms with Crippen LogP contribution in [-0.4, -0.2) is 43.8 Å². The Hall–Kier alpha value is -2.18. The van der Waals surface area contributed by atoms with Crippen LogP contribution in [0.4, 0.5) is 0 Å². The monoisotopic (exact) mass is 357 g/mol. The number of carbonyl (C=O) groups is 1. The molecule has 0 radical (unpaired) electrons. The summed E-state index contributed by atoms with van der Waals surface area (Å²) < 4.78 is 7.35. The number of hydrogen-bond donors (Lipinski definition) is 0. The average molecular weight is 357 g/mol. The Morgan fingerprint density at radius 1 is 1.35 bits per heavy atom. The number of hydrogen-bond acceptors (Lipinski definition) is 5. The fourth-order valence-electron chi connectivity index (χ4n) is 4.89. The molecule has 2 fully saturated rings. The van der Waals surface area contributed by atoms with Crippen molar-refractivity contribution in [3.63, 3.8) is 0 Å². The molecule has 4 rings (SSSR count). The quantitative estimate of drug-likeness (QED) is 0.841. The van der Waals surface area contributed by atoms with Crippen LogP contribution < -0.4 is 0 Å². The zero-order valence-corrected chi connectivity index (χ0v) is 15.9. The van der Waals surface area contributed by atoms with Crippen molar-refractivity contribution in [2.24, 2.45) is 5.41 Å². The van der Waals surface area contributed by atoms with E-state index >= 15 is 0 Å². The van der Waals surface area contributed by atoms with Crippen molar-refractivity contribution < 1.29 is 9.32 Å². The number of aromatic nitrogens is 4. The molecule has 1 aliphatic carbocycles. The number of rotatable bonds is 4. The average Bonchev–Trinajstić information content (AvgIpc) is 3.40. The minimum Gasteiger partial charge on any atom is -0.361 e. The van der Waals surface area contributed by atoms with Gasteiger partial charge in [-0.3, -0.25) is 4.79 Å². The molecule has 2 aromatic rings. The lowest BCUT2D eigenvalue weighted by atomic mass is 9.76. The molecule has 1 saturated carbocycles. The van der Waals surface area contributed by atoms with Crippen molar-refractivity contribution in [1.82, 2.24) is 24.8 Å². The minimum atomic E-state index is 0.161. The Bertz CT molecular complexity index is 783. The molecule has 1 aliphatic heterocycles. The van der Waals surface area contributed by atoms with Crippen LogP contribution in [0, 0.1) is 19.3 Å². The highest BCUT2D eigenvalue weighted by molar-refractivity contribution is 5.79. The zero-order valence-electron chi connectivity index (χ0n) is 15.9. The van der Waals surface area contributed by atoms with E-state index in [2.05, 4.69) is 26.8 Å². The molecule has 2 aromatic heterocycles. The van der Waals surface area contributed by atoms with E-state index in [1.165, 1.54) is 25.7 Å². The van der Waals surface area contributed by atoms with Gasteiger partial charge in [-0.05, 0) is 39.0 Å². The first-order valence-electron chi connectivity index (χ1n) is 9.61. The van der Waals surface area contributed by atoms with Crippen LogP contribution in [-0.2, 0) is 17.8 Å². The van der Waals surface area contributed by atoms with Crippen molar-refractivity contribution in [3.05, 3.63) is 29.2 Å². The van der Waals surface area contributed by atoms with Crippen LogP contribution in [0.2, 0.25) is 0 Å². The lowest BCUT2D eigenvalue weighted by Gasteiger charge is -2.29. The van der Waals surface area contributed by atoms with Crippen molar-refractivity contribution in [1.29, 1.82) is 0 Å². The second-order valence-corrected chi connectivity index (χ2v) is 7.85. The molecule has 1 atom stereocenters. The van der Waals surface area contributed by atoms with Gasteiger partial charge in [0.05, 0.1) is 12.1 Å². The Morgan fingerprint density at radius 2 is 2.12 bits per heavy atom. The van der Waals surface area contributed by atoms with E-state index in [9.17, 15) is 4.79 Å². The molecule has 0 aromatic carbocycles. The Morgan fingerprint density at radius 3 is 2.77 bits per heavy atom. The summed E-state index contributed by atoms with van der Waals surface area (Å²) in [6, 6.07) is 0. The summed E-state index contributed by atoms with van der Waals surface area (Å²) >= 11 is 0.